The van der Waals surface area contributed by atoms with E-state index in [9.17, 15) is 4.79 Å². The number of carbonyl (C=O) groups is 1. The van der Waals surface area contributed by atoms with Crippen LogP contribution in [-0.4, -0.2) is 48.7 Å². The van der Waals surface area contributed by atoms with E-state index < -0.39 is 0 Å². The number of anilines is 1. The minimum absolute atomic E-state index is 0.0774. The van der Waals surface area contributed by atoms with Crippen LogP contribution in [0.4, 0.5) is 5.82 Å². The van der Waals surface area contributed by atoms with Gasteiger partial charge in [0.1, 0.15) is 17.9 Å². The highest BCUT2D eigenvalue weighted by molar-refractivity contribution is 5.90. The Kier molecular flexibility index (Phi) is 7.55. The second-order valence-corrected chi connectivity index (χ2v) is 8.63. The molecule has 8 heteroatoms. The number of hydrogen-bond donors (Lipinski definition) is 1. The number of fused-ring (bicyclic) bond motifs is 1. The summed E-state index contributed by atoms with van der Waals surface area (Å²) in [6.07, 6.45) is 4.08. The Hall–Kier alpha value is -3.29. The largest absolute Gasteiger partial charge is 0.490 e. The van der Waals surface area contributed by atoms with Gasteiger partial charge >= 0.3 is 0 Å². The van der Waals surface area contributed by atoms with Gasteiger partial charge in [-0.25, -0.2) is 9.97 Å². The Balaban J connectivity index is 1.37. The minimum Gasteiger partial charge on any atom is -0.490 e. The maximum Gasteiger partial charge on any atom is 0.231 e. The zero-order valence-corrected chi connectivity index (χ0v) is 20.5. The Bertz CT molecular complexity index is 1140. The number of carbonyl (C=O) groups excluding carboxylic acids is 1. The molecule has 1 aromatic carbocycles. The summed E-state index contributed by atoms with van der Waals surface area (Å²) in [5.74, 6) is 3.22. The van der Waals surface area contributed by atoms with Crippen molar-refractivity contribution in [1.29, 1.82) is 0 Å². The number of benzene rings is 1. The van der Waals surface area contributed by atoms with E-state index >= 15 is 0 Å². The summed E-state index contributed by atoms with van der Waals surface area (Å²) in [6, 6.07) is 5.96. The number of furan rings is 1. The maximum atomic E-state index is 13.0. The molecule has 8 nitrogen and oxygen atoms in total. The first kappa shape index (κ1) is 23.9. The third kappa shape index (κ3) is 5.11. The van der Waals surface area contributed by atoms with Crippen LogP contribution in [0.3, 0.4) is 0 Å². The first-order valence-electron chi connectivity index (χ1n) is 12.1. The predicted molar refractivity (Wildman–Crippen MR) is 132 cm³/mol. The highest BCUT2D eigenvalue weighted by Gasteiger charge is 2.28. The average molecular weight is 467 g/mol. The number of hydrogen-bond acceptors (Lipinski definition) is 7. The number of nitrogens with zero attached hydrogens (tertiary/aromatic N) is 3. The lowest BCUT2D eigenvalue weighted by molar-refractivity contribution is -0.125. The van der Waals surface area contributed by atoms with Crippen molar-refractivity contribution in [2.45, 2.75) is 47.0 Å². The Morgan fingerprint density at radius 1 is 1.18 bits per heavy atom. The van der Waals surface area contributed by atoms with Crippen molar-refractivity contribution in [1.82, 2.24) is 15.3 Å². The monoisotopic (exact) mass is 466 g/mol. The average Bonchev–Trinajstić information content (AvgIpc) is 3.14. The zero-order valence-electron chi connectivity index (χ0n) is 20.5. The first-order valence-corrected chi connectivity index (χ1v) is 12.1. The number of piperidine rings is 1. The van der Waals surface area contributed by atoms with E-state index in [-0.39, 0.29) is 11.8 Å². The van der Waals surface area contributed by atoms with Crippen LogP contribution in [0.2, 0.25) is 0 Å². The molecule has 3 heterocycles. The van der Waals surface area contributed by atoms with Crippen molar-refractivity contribution in [3.8, 4) is 11.5 Å². The lowest BCUT2D eigenvalue weighted by atomic mass is 9.96. The van der Waals surface area contributed by atoms with Crippen molar-refractivity contribution in [3.63, 3.8) is 0 Å². The number of amides is 1. The summed E-state index contributed by atoms with van der Waals surface area (Å²) in [5, 5.41) is 4.07. The molecule has 1 saturated heterocycles. The van der Waals surface area contributed by atoms with E-state index in [0.717, 1.165) is 65.4 Å². The molecule has 0 spiro atoms. The van der Waals surface area contributed by atoms with E-state index in [1.165, 1.54) is 6.33 Å². The fourth-order valence-corrected chi connectivity index (χ4v) is 4.51. The van der Waals surface area contributed by atoms with E-state index in [4.69, 9.17) is 13.9 Å². The molecule has 1 N–H and O–H groups in total. The van der Waals surface area contributed by atoms with Gasteiger partial charge in [-0.2, -0.15) is 0 Å². The Labute approximate surface area is 200 Å². The number of aryl methyl sites for hydroxylation is 2. The molecule has 34 heavy (non-hydrogen) atoms. The van der Waals surface area contributed by atoms with E-state index in [1.807, 2.05) is 45.9 Å². The summed E-state index contributed by atoms with van der Waals surface area (Å²) in [5.41, 5.74) is 2.76. The highest BCUT2D eigenvalue weighted by atomic mass is 16.5. The summed E-state index contributed by atoms with van der Waals surface area (Å²) < 4.78 is 17.1. The molecule has 0 unspecified atom stereocenters. The van der Waals surface area contributed by atoms with Gasteiger partial charge in [-0.15, -0.1) is 0 Å². The number of ether oxygens (including phenoxy) is 2. The molecule has 0 bridgehead atoms. The molecule has 1 aliphatic rings. The Morgan fingerprint density at radius 3 is 2.76 bits per heavy atom. The van der Waals surface area contributed by atoms with Crippen molar-refractivity contribution in [2.75, 3.05) is 37.7 Å². The molecular weight excluding hydrogens is 432 g/mol. The third-order valence-corrected chi connectivity index (χ3v) is 6.36. The van der Waals surface area contributed by atoms with Crippen LogP contribution in [0.1, 0.15) is 43.6 Å². The molecule has 4 rings (SSSR count). The molecule has 1 fully saturated rings. The van der Waals surface area contributed by atoms with Gasteiger partial charge in [-0.3, -0.25) is 4.79 Å². The molecule has 182 valence electrons. The van der Waals surface area contributed by atoms with Gasteiger partial charge in [0.15, 0.2) is 11.5 Å². The molecule has 2 aromatic heterocycles. The first-order chi connectivity index (χ1) is 16.5. The zero-order chi connectivity index (χ0) is 24.1. The second-order valence-electron chi connectivity index (χ2n) is 8.63. The summed E-state index contributed by atoms with van der Waals surface area (Å²) in [7, 11) is 0. The van der Waals surface area contributed by atoms with Gasteiger partial charge in [-0.05, 0) is 64.7 Å². The summed E-state index contributed by atoms with van der Waals surface area (Å²) >= 11 is 0. The molecule has 0 radical (unpaired) electrons. The molecule has 0 aliphatic carbocycles. The van der Waals surface area contributed by atoms with Crippen LogP contribution in [-0.2, 0) is 11.2 Å². The van der Waals surface area contributed by atoms with Crippen LogP contribution in [0.5, 0.6) is 11.5 Å². The lowest BCUT2D eigenvalue weighted by Crippen LogP contribution is -2.43. The molecule has 1 atom stereocenters. The molecule has 1 amide bonds. The number of aromatic nitrogens is 2. The van der Waals surface area contributed by atoms with Gasteiger partial charge in [0.2, 0.25) is 11.6 Å². The Morgan fingerprint density at radius 2 is 1.97 bits per heavy atom. The van der Waals surface area contributed by atoms with E-state index in [2.05, 4.69) is 20.2 Å². The molecule has 1 aliphatic heterocycles. The smallest absolute Gasteiger partial charge is 0.231 e. The fraction of sp³-hybridized carbons (Fsp3) is 0.500. The quantitative estimate of drug-likeness (QED) is 0.505. The molecular formula is C26H34N4O4. The molecule has 3 aromatic rings. The van der Waals surface area contributed by atoms with Crippen LogP contribution < -0.4 is 19.7 Å². The van der Waals surface area contributed by atoms with E-state index in [1.54, 1.807) is 0 Å². The van der Waals surface area contributed by atoms with Crippen molar-refractivity contribution < 1.29 is 18.7 Å². The van der Waals surface area contributed by atoms with Crippen LogP contribution in [0.25, 0.3) is 11.1 Å². The number of nitrogens with one attached hydrogen (secondary N) is 1. The van der Waals surface area contributed by atoms with Gasteiger partial charge in [0, 0.05) is 25.2 Å². The van der Waals surface area contributed by atoms with Crippen LogP contribution >= 0.6 is 0 Å². The highest BCUT2D eigenvalue weighted by Crippen LogP contribution is 2.33. The number of rotatable bonds is 9. The second kappa shape index (κ2) is 10.8. The van der Waals surface area contributed by atoms with Crippen molar-refractivity contribution in [2.24, 2.45) is 5.92 Å². The fourth-order valence-electron chi connectivity index (χ4n) is 4.51. The predicted octanol–water partition coefficient (Wildman–Crippen LogP) is 4.21. The van der Waals surface area contributed by atoms with Gasteiger partial charge in [0.25, 0.3) is 0 Å². The minimum atomic E-state index is -0.0774. The summed E-state index contributed by atoms with van der Waals surface area (Å²) in [6.45, 7) is 11.1. The summed E-state index contributed by atoms with van der Waals surface area (Å²) in [4.78, 5) is 24.0. The van der Waals surface area contributed by atoms with Crippen LogP contribution in [0.15, 0.2) is 28.9 Å². The standard InChI is InChI=1S/C26H34N4O4/c1-5-32-21-10-9-19(14-22(21)33-6-2)11-12-27-25(31)20-8-7-13-30(15-20)24-23-17(3)18(4)34-26(23)29-16-28-24/h9-10,14,16,20H,5-8,11-13,15H2,1-4H3,(H,27,31)/t20-/m0/s1. The van der Waals surface area contributed by atoms with Gasteiger partial charge in [-0.1, -0.05) is 6.07 Å². The normalized spacial score (nSPS) is 16.0. The molecule has 0 saturated carbocycles. The van der Waals surface area contributed by atoms with Gasteiger partial charge in [0.05, 0.1) is 24.5 Å². The lowest BCUT2D eigenvalue weighted by Gasteiger charge is -2.33. The van der Waals surface area contributed by atoms with Crippen molar-refractivity contribution in [3.05, 3.63) is 41.4 Å². The van der Waals surface area contributed by atoms with Gasteiger partial charge < -0.3 is 24.1 Å². The van der Waals surface area contributed by atoms with E-state index in [0.29, 0.717) is 32.0 Å². The third-order valence-electron chi connectivity index (χ3n) is 6.36. The topological polar surface area (TPSA) is 89.7 Å². The van der Waals surface area contributed by atoms with Crippen LogP contribution in [0, 0.1) is 19.8 Å². The van der Waals surface area contributed by atoms with Crippen molar-refractivity contribution >= 4 is 22.8 Å². The maximum absolute atomic E-state index is 13.0. The SMILES string of the molecule is CCOc1ccc(CCNC(=O)[C@H]2CCCN(c3ncnc4oc(C)c(C)c34)C2)cc1OCC.